The highest BCUT2D eigenvalue weighted by Crippen LogP contribution is 2.09. The molecule has 0 atom stereocenters. The SMILES string of the molecule is NCc1cn(CC(=O)c2cc(F)cc(F)c2)nn1. The van der Waals surface area contributed by atoms with Gasteiger partial charge in [-0.25, -0.2) is 13.5 Å². The molecule has 5 nitrogen and oxygen atoms in total. The van der Waals surface area contributed by atoms with Crippen LogP contribution >= 0.6 is 0 Å². The van der Waals surface area contributed by atoms with E-state index in [1.807, 2.05) is 0 Å². The first-order chi connectivity index (χ1) is 8.58. The standard InChI is InChI=1S/C11H10F2N4O/c12-8-1-7(2-9(13)3-8)11(18)6-17-5-10(4-14)15-16-17/h1-3,5H,4,6,14H2. The van der Waals surface area contributed by atoms with Crippen LogP contribution in [-0.4, -0.2) is 20.8 Å². The Labute approximate surface area is 101 Å². The van der Waals surface area contributed by atoms with Crippen molar-refractivity contribution in [2.24, 2.45) is 5.73 Å². The fourth-order valence-electron chi connectivity index (χ4n) is 1.46. The summed E-state index contributed by atoms with van der Waals surface area (Å²) in [5.74, 6) is -2.04. The number of ketones is 1. The molecule has 1 heterocycles. The molecule has 1 aromatic carbocycles. The predicted octanol–water partition coefficient (Wildman–Crippen LogP) is 0.898. The topological polar surface area (TPSA) is 73.8 Å². The lowest BCUT2D eigenvalue weighted by atomic mass is 10.1. The fourth-order valence-corrected chi connectivity index (χ4v) is 1.46. The number of nitrogens with two attached hydrogens (primary N) is 1. The second-order valence-electron chi connectivity index (χ2n) is 3.69. The van der Waals surface area contributed by atoms with Crippen LogP contribution in [0, 0.1) is 11.6 Å². The molecule has 0 bridgehead atoms. The molecule has 0 radical (unpaired) electrons. The molecular weight excluding hydrogens is 242 g/mol. The minimum absolute atomic E-state index is 0.0442. The smallest absolute Gasteiger partial charge is 0.184 e. The Morgan fingerprint density at radius 3 is 2.50 bits per heavy atom. The van der Waals surface area contributed by atoms with Crippen molar-refractivity contribution in [3.8, 4) is 0 Å². The zero-order valence-corrected chi connectivity index (χ0v) is 9.31. The summed E-state index contributed by atoms with van der Waals surface area (Å²) >= 11 is 0. The largest absolute Gasteiger partial charge is 0.325 e. The van der Waals surface area contributed by atoms with Crippen LogP contribution in [0.15, 0.2) is 24.4 Å². The first kappa shape index (κ1) is 12.3. The molecule has 2 rings (SSSR count). The van der Waals surface area contributed by atoms with E-state index in [4.69, 9.17) is 5.73 Å². The molecule has 0 saturated heterocycles. The van der Waals surface area contributed by atoms with Gasteiger partial charge in [0.05, 0.1) is 11.9 Å². The zero-order valence-electron chi connectivity index (χ0n) is 9.31. The molecule has 94 valence electrons. The summed E-state index contributed by atoms with van der Waals surface area (Å²) in [6, 6.07) is 2.66. The molecular formula is C11H10F2N4O. The Morgan fingerprint density at radius 1 is 1.28 bits per heavy atom. The summed E-state index contributed by atoms with van der Waals surface area (Å²) in [7, 11) is 0. The van der Waals surface area contributed by atoms with E-state index < -0.39 is 17.4 Å². The van der Waals surface area contributed by atoms with Crippen molar-refractivity contribution in [3.63, 3.8) is 0 Å². The van der Waals surface area contributed by atoms with Gasteiger partial charge in [-0.3, -0.25) is 4.79 Å². The van der Waals surface area contributed by atoms with Crippen LogP contribution < -0.4 is 5.73 Å². The molecule has 2 aromatic rings. The summed E-state index contributed by atoms with van der Waals surface area (Å²) in [5, 5.41) is 7.38. The van der Waals surface area contributed by atoms with Gasteiger partial charge >= 0.3 is 0 Å². The quantitative estimate of drug-likeness (QED) is 0.820. The molecule has 2 N–H and O–H groups in total. The van der Waals surface area contributed by atoms with Gasteiger partial charge in [-0.15, -0.1) is 5.10 Å². The van der Waals surface area contributed by atoms with Crippen molar-refractivity contribution in [2.45, 2.75) is 13.1 Å². The van der Waals surface area contributed by atoms with Crippen molar-refractivity contribution in [3.05, 3.63) is 47.3 Å². The van der Waals surface area contributed by atoms with E-state index in [0.717, 1.165) is 12.1 Å². The number of carbonyl (C=O) groups is 1. The van der Waals surface area contributed by atoms with Crippen molar-refractivity contribution in [1.29, 1.82) is 0 Å². The van der Waals surface area contributed by atoms with Crippen molar-refractivity contribution in [1.82, 2.24) is 15.0 Å². The summed E-state index contributed by atoms with van der Waals surface area (Å²) in [6.07, 6.45) is 1.51. The van der Waals surface area contributed by atoms with E-state index in [2.05, 4.69) is 10.3 Å². The summed E-state index contributed by atoms with van der Waals surface area (Å²) in [5.41, 5.74) is 5.84. The van der Waals surface area contributed by atoms with Crippen molar-refractivity contribution >= 4 is 5.78 Å². The van der Waals surface area contributed by atoms with Gasteiger partial charge in [0.25, 0.3) is 0 Å². The number of Topliss-reactive ketones (excluding diaryl/α,β-unsaturated/α-hetero) is 1. The van der Waals surface area contributed by atoms with E-state index in [0.29, 0.717) is 11.8 Å². The van der Waals surface area contributed by atoms with Gasteiger partial charge in [-0.2, -0.15) is 0 Å². The molecule has 0 spiro atoms. The van der Waals surface area contributed by atoms with Gasteiger partial charge in [0.15, 0.2) is 5.78 Å². The number of benzene rings is 1. The highest BCUT2D eigenvalue weighted by Gasteiger charge is 2.11. The Bertz CT molecular complexity index is 562. The van der Waals surface area contributed by atoms with Gasteiger partial charge in [0.1, 0.15) is 18.2 Å². The average Bonchev–Trinajstić information content (AvgIpc) is 2.75. The van der Waals surface area contributed by atoms with Crippen LogP contribution in [0.4, 0.5) is 8.78 Å². The maximum Gasteiger partial charge on any atom is 0.184 e. The van der Waals surface area contributed by atoms with E-state index in [9.17, 15) is 13.6 Å². The fraction of sp³-hybridized carbons (Fsp3) is 0.182. The predicted molar refractivity (Wildman–Crippen MR) is 58.6 cm³/mol. The number of rotatable bonds is 4. The number of hydrogen-bond acceptors (Lipinski definition) is 4. The maximum absolute atomic E-state index is 12.9. The van der Waals surface area contributed by atoms with Gasteiger partial charge < -0.3 is 5.73 Å². The number of hydrogen-bond donors (Lipinski definition) is 1. The van der Waals surface area contributed by atoms with Crippen LogP contribution in [0.3, 0.4) is 0 Å². The number of carbonyl (C=O) groups excluding carboxylic acids is 1. The first-order valence-electron chi connectivity index (χ1n) is 5.17. The lowest BCUT2D eigenvalue weighted by molar-refractivity contribution is 0.0966. The highest BCUT2D eigenvalue weighted by molar-refractivity contribution is 5.95. The van der Waals surface area contributed by atoms with Crippen molar-refractivity contribution in [2.75, 3.05) is 0 Å². The number of halogens is 2. The number of nitrogens with zero attached hydrogens (tertiary/aromatic N) is 3. The summed E-state index contributed by atoms with van der Waals surface area (Å²) < 4.78 is 27.2. The minimum Gasteiger partial charge on any atom is -0.325 e. The molecule has 0 unspecified atom stereocenters. The first-order valence-corrected chi connectivity index (χ1v) is 5.17. The van der Waals surface area contributed by atoms with Crippen LogP contribution in [0.1, 0.15) is 16.1 Å². The van der Waals surface area contributed by atoms with Gasteiger partial charge in [0.2, 0.25) is 0 Å². The Kier molecular flexibility index (Phi) is 3.42. The third kappa shape index (κ3) is 2.75. The lowest BCUT2D eigenvalue weighted by Crippen LogP contribution is -2.11. The van der Waals surface area contributed by atoms with Gasteiger partial charge in [-0.1, -0.05) is 5.21 Å². The molecule has 0 fully saturated rings. The summed E-state index contributed by atoms with van der Waals surface area (Å²) in [6.45, 7) is 0.0681. The second-order valence-corrected chi connectivity index (χ2v) is 3.69. The minimum atomic E-state index is -0.792. The molecule has 0 aliphatic heterocycles. The lowest BCUT2D eigenvalue weighted by Gasteiger charge is -2.01. The van der Waals surface area contributed by atoms with Crippen LogP contribution in [0.25, 0.3) is 0 Å². The summed E-state index contributed by atoms with van der Waals surface area (Å²) in [4.78, 5) is 11.8. The second kappa shape index (κ2) is 5.01. The van der Waals surface area contributed by atoms with Gasteiger partial charge in [0, 0.05) is 18.2 Å². The zero-order chi connectivity index (χ0) is 13.1. The third-order valence-electron chi connectivity index (χ3n) is 2.29. The Balaban J connectivity index is 2.16. The van der Waals surface area contributed by atoms with Crippen molar-refractivity contribution < 1.29 is 13.6 Å². The van der Waals surface area contributed by atoms with Crippen LogP contribution in [0.2, 0.25) is 0 Å². The Morgan fingerprint density at radius 2 is 1.94 bits per heavy atom. The molecule has 18 heavy (non-hydrogen) atoms. The normalized spacial score (nSPS) is 10.6. The molecule has 0 aliphatic rings. The van der Waals surface area contributed by atoms with E-state index in [-0.39, 0.29) is 18.7 Å². The number of aromatic nitrogens is 3. The Hall–Kier alpha value is -2.15. The third-order valence-corrected chi connectivity index (χ3v) is 2.29. The van der Waals surface area contributed by atoms with E-state index in [1.54, 1.807) is 0 Å². The molecule has 0 saturated carbocycles. The monoisotopic (exact) mass is 252 g/mol. The van der Waals surface area contributed by atoms with E-state index in [1.165, 1.54) is 10.9 Å². The molecule has 0 amide bonds. The molecule has 7 heteroatoms. The molecule has 0 aliphatic carbocycles. The maximum atomic E-state index is 12.9. The van der Waals surface area contributed by atoms with Crippen LogP contribution in [-0.2, 0) is 13.1 Å². The van der Waals surface area contributed by atoms with Gasteiger partial charge in [-0.05, 0) is 12.1 Å². The molecule has 1 aromatic heterocycles. The average molecular weight is 252 g/mol. The van der Waals surface area contributed by atoms with E-state index >= 15 is 0 Å². The highest BCUT2D eigenvalue weighted by atomic mass is 19.1. The van der Waals surface area contributed by atoms with Crippen LogP contribution in [0.5, 0.6) is 0 Å².